The SMILES string of the molecule is COc1cccc(NC(=O)COC(=O)c2cccc(N3C(=O)[C@@H]4[C@H]5C[C@@H]([C@H](Cl)[C@@H]5Cl)[C@@H]4C3=O)c2)c1. The van der Waals surface area contributed by atoms with E-state index in [1.165, 1.54) is 19.2 Å². The molecule has 1 saturated heterocycles. The molecule has 1 aliphatic heterocycles. The van der Waals surface area contributed by atoms with Crippen LogP contribution in [0.15, 0.2) is 48.5 Å². The van der Waals surface area contributed by atoms with E-state index in [-0.39, 0.29) is 45.7 Å². The molecule has 0 unspecified atom stereocenters. The number of alkyl halides is 2. The van der Waals surface area contributed by atoms with Crippen molar-refractivity contribution in [2.24, 2.45) is 23.7 Å². The third kappa shape index (κ3) is 4.04. The van der Waals surface area contributed by atoms with E-state index in [0.29, 0.717) is 17.9 Å². The Morgan fingerprint density at radius 3 is 2.31 bits per heavy atom. The molecule has 0 spiro atoms. The van der Waals surface area contributed by atoms with Crippen LogP contribution >= 0.6 is 23.2 Å². The molecule has 3 amide bonds. The van der Waals surface area contributed by atoms with E-state index in [1.54, 1.807) is 36.4 Å². The summed E-state index contributed by atoms with van der Waals surface area (Å²) in [7, 11) is 1.51. The van der Waals surface area contributed by atoms with E-state index in [9.17, 15) is 19.2 Å². The molecule has 3 fully saturated rings. The van der Waals surface area contributed by atoms with Gasteiger partial charge in [0.25, 0.3) is 5.91 Å². The minimum Gasteiger partial charge on any atom is -0.497 e. The van der Waals surface area contributed by atoms with Crippen molar-refractivity contribution in [2.45, 2.75) is 17.2 Å². The minimum atomic E-state index is -0.756. The summed E-state index contributed by atoms with van der Waals surface area (Å²) in [5.41, 5.74) is 0.889. The first-order chi connectivity index (χ1) is 16.8. The normalized spacial score (nSPS) is 28.7. The number of nitrogens with zero attached hydrogens (tertiary/aromatic N) is 1. The molecule has 1 N–H and O–H groups in total. The highest BCUT2D eigenvalue weighted by Gasteiger charge is 2.66. The quantitative estimate of drug-likeness (QED) is 0.358. The molecule has 0 aromatic heterocycles. The first kappa shape index (κ1) is 23.6. The molecule has 10 heteroatoms. The van der Waals surface area contributed by atoms with Crippen LogP contribution in [-0.2, 0) is 19.1 Å². The van der Waals surface area contributed by atoms with Crippen molar-refractivity contribution in [3.05, 3.63) is 54.1 Å². The lowest BCUT2D eigenvalue weighted by atomic mass is 9.80. The predicted molar refractivity (Wildman–Crippen MR) is 129 cm³/mol. The summed E-state index contributed by atoms with van der Waals surface area (Å²) in [4.78, 5) is 52.3. The molecule has 2 aliphatic carbocycles. The Balaban J connectivity index is 1.25. The second-order valence-electron chi connectivity index (χ2n) is 8.92. The molecule has 3 aliphatic rings. The van der Waals surface area contributed by atoms with E-state index in [4.69, 9.17) is 32.7 Å². The summed E-state index contributed by atoms with van der Waals surface area (Å²) in [6.45, 7) is -0.510. The topological polar surface area (TPSA) is 102 Å². The van der Waals surface area contributed by atoms with Crippen molar-refractivity contribution < 1.29 is 28.7 Å². The lowest BCUT2D eigenvalue weighted by Gasteiger charge is -2.28. The molecule has 2 aromatic carbocycles. The van der Waals surface area contributed by atoms with Crippen LogP contribution < -0.4 is 15.0 Å². The number of nitrogens with one attached hydrogen (secondary N) is 1. The number of amides is 3. The number of fused-ring (bicyclic) bond motifs is 5. The number of halogens is 2. The number of anilines is 2. The van der Waals surface area contributed by atoms with Gasteiger partial charge >= 0.3 is 5.97 Å². The Hall–Kier alpha value is -3.10. The van der Waals surface area contributed by atoms with Crippen molar-refractivity contribution in [1.29, 1.82) is 0 Å². The lowest BCUT2D eigenvalue weighted by molar-refractivity contribution is -0.123. The minimum absolute atomic E-state index is 0.114. The third-order valence-corrected chi connectivity index (χ3v) is 8.33. The third-order valence-electron chi connectivity index (χ3n) is 7.02. The van der Waals surface area contributed by atoms with Gasteiger partial charge in [0, 0.05) is 11.8 Å². The number of hydrogen-bond donors (Lipinski definition) is 1. The van der Waals surface area contributed by atoms with Crippen molar-refractivity contribution in [2.75, 3.05) is 23.9 Å². The monoisotopic (exact) mass is 516 g/mol. The maximum Gasteiger partial charge on any atom is 0.338 e. The number of carbonyl (C=O) groups excluding carboxylic acids is 4. The number of esters is 1. The number of methoxy groups -OCH3 is 1. The largest absolute Gasteiger partial charge is 0.497 e. The number of hydrogen-bond acceptors (Lipinski definition) is 6. The lowest BCUT2D eigenvalue weighted by Crippen LogP contribution is -2.37. The van der Waals surface area contributed by atoms with Crippen LogP contribution in [0, 0.1) is 23.7 Å². The highest BCUT2D eigenvalue weighted by atomic mass is 35.5. The van der Waals surface area contributed by atoms with Gasteiger partial charge in [0.05, 0.1) is 41.0 Å². The molecule has 8 nitrogen and oxygen atoms in total. The Kier molecular flexibility index (Phi) is 6.19. The van der Waals surface area contributed by atoms with Crippen LogP contribution in [0.3, 0.4) is 0 Å². The molecule has 1 heterocycles. The summed E-state index contributed by atoms with van der Waals surface area (Å²) < 4.78 is 10.2. The molecule has 6 atom stereocenters. The van der Waals surface area contributed by atoms with Crippen molar-refractivity contribution in [3.63, 3.8) is 0 Å². The number of carbonyl (C=O) groups is 4. The summed E-state index contributed by atoms with van der Waals surface area (Å²) in [6, 6.07) is 12.8. The number of ether oxygens (including phenoxy) is 2. The van der Waals surface area contributed by atoms with E-state index >= 15 is 0 Å². The number of benzene rings is 2. The van der Waals surface area contributed by atoms with Crippen LogP contribution in [0.2, 0.25) is 0 Å². The van der Waals surface area contributed by atoms with Gasteiger partial charge in [0.2, 0.25) is 11.8 Å². The average molecular weight is 517 g/mol. The Bertz CT molecular complexity index is 1190. The zero-order valence-corrected chi connectivity index (χ0v) is 20.2. The van der Waals surface area contributed by atoms with Gasteiger partial charge in [-0.1, -0.05) is 12.1 Å². The molecule has 182 valence electrons. The van der Waals surface area contributed by atoms with Crippen LogP contribution in [-0.4, -0.2) is 48.2 Å². The van der Waals surface area contributed by atoms with Gasteiger partial charge in [-0.2, -0.15) is 0 Å². The Morgan fingerprint density at radius 2 is 1.66 bits per heavy atom. The van der Waals surface area contributed by atoms with E-state index in [0.717, 1.165) is 4.90 Å². The van der Waals surface area contributed by atoms with Gasteiger partial charge in [0.15, 0.2) is 6.61 Å². The van der Waals surface area contributed by atoms with Crippen molar-refractivity contribution >= 4 is 58.3 Å². The first-order valence-electron chi connectivity index (χ1n) is 11.2. The van der Waals surface area contributed by atoms with Gasteiger partial charge in [0.1, 0.15) is 5.75 Å². The summed E-state index contributed by atoms with van der Waals surface area (Å²) in [5.74, 6) is -2.57. The maximum absolute atomic E-state index is 13.2. The molecular weight excluding hydrogens is 495 g/mol. The van der Waals surface area contributed by atoms with Crippen LogP contribution in [0.5, 0.6) is 5.75 Å². The molecule has 2 aromatic rings. The standard InChI is InChI=1S/C25H22Cl2N2O6/c1-34-15-7-3-5-13(9-15)28-18(30)11-35-25(33)12-4-2-6-14(8-12)29-23(31)19-16-10-17(20(19)24(29)32)22(27)21(16)26/h2-9,16-17,19-22H,10-11H2,1H3,(H,28,30)/t16-,17-,19-,20+,21-,22+/m1/s1. The summed E-state index contributed by atoms with van der Waals surface area (Å²) in [5, 5.41) is 1.93. The smallest absolute Gasteiger partial charge is 0.338 e. The zero-order chi connectivity index (χ0) is 24.9. The Morgan fingerprint density at radius 1 is 1.00 bits per heavy atom. The second-order valence-corrected chi connectivity index (χ2v) is 9.93. The summed E-state index contributed by atoms with van der Waals surface area (Å²) in [6.07, 6.45) is 0.674. The molecule has 0 radical (unpaired) electrons. The van der Waals surface area contributed by atoms with E-state index in [1.807, 2.05) is 0 Å². The molecule has 2 bridgehead atoms. The van der Waals surface area contributed by atoms with Crippen molar-refractivity contribution in [3.8, 4) is 5.75 Å². The van der Waals surface area contributed by atoms with Gasteiger partial charge in [-0.3, -0.25) is 19.3 Å². The van der Waals surface area contributed by atoms with E-state index < -0.39 is 30.3 Å². The fraction of sp³-hybridized carbons (Fsp3) is 0.360. The predicted octanol–water partition coefficient (Wildman–Crippen LogP) is 3.46. The Labute approximate surface area is 211 Å². The van der Waals surface area contributed by atoms with Gasteiger partial charge in [-0.25, -0.2) is 4.79 Å². The number of rotatable bonds is 6. The number of imide groups is 1. The zero-order valence-electron chi connectivity index (χ0n) is 18.6. The van der Waals surface area contributed by atoms with Gasteiger partial charge in [-0.15, -0.1) is 23.2 Å². The van der Waals surface area contributed by atoms with Crippen LogP contribution in [0.1, 0.15) is 16.8 Å². The summed E-state index contributed by atoms with van der Waals surface area (Å²) >= 11 is 12.8. The highest BCUT2D eigenvalue weighted by Crippen LogP contribution is 2.59. The van der Waals surface area contributed by atoms with Gasteiger partial charge in [-0.05, 0) is 48.6 Å². The van der Waals surface area contributed by atoms with Crippen LogP contribution in [0.25, 0.3) is 0 Å². The fourth-order valence-electron chi connectivity index (χ4n) is 5.49. The first-order valence-corrected chi connectivity index (χ1v) is 12.0. The van der Waals surface area contributed by atoms with Gasteiger partial charge < -0.3 is 14.8 Å². The maximum atomic E-state index is 13.2. The molecule has 5 rings (SSSR count). The molecule has 2 saturated carbocycles. The van der Waals surface area contributed by atoms with Crippen molar-refractivity contribution in [1.82, 2.24) is 0 Å². The molecule has 35 heavy (non-hydrogen) atoms. The van der Waals surface area contributed by atoms with E-state index in [2.05, 4.69) is 5.32 Å². The highest BCUT2D eigenvalue weighted by molar-refractivity contribution is 6.32. The average Bonchev–Trinajstić information content (AvgIpc) is 3.47. The molecular formula is C25H22Cl2N2O6. The van der Waals surface area contributed by atoms with Crippen LogP contribution in [0.4, 0.5) is 11.4 Å². The fourth-order valence-corrected chi connectivity index (χ4v) is 6.38. The second kappa shape index (κ2) is 9.17.